The number of rotatable bonds is 5. The van der Waals surface area contributed by atoms with Crippen molar-refractivity contribution in [2.45, 2.75) is 44.7 Å². The highest BCUT2D eigenvalue weighted by Gasteiger charge is 2.32. The molecule has 3 aliphatic rings. The van der Waals surface area contributed by atoms with Crippen molar-refractivity contribution >= 4 is 17.6 Å². The van der Waals surface area contributed by atoms with Crippen LogP contribution in [0.25, 0.3) is 0 Å². The maximum absolute atomic E-state index is 12.6. The van der Waals surface area contributed by atoms with Crippen LogP contribution in [0.1, 0.15) is 37.7 Å². The van der Waals surface area contributed by atoms with Gasteiger partial charge in [0, 0.05) is 57.4 Å². The maximum Gasteiger partial charge on any atom is 0.225 e. The monoisotopic (exact) mass is 395 g/mol. The van der Waals surface area contributed by atoms with E-state index >= 15 is 0 Å². The van der Waals surface area contributed by atoms with Gasteiger partial charge in [0.05, 0.1) is 0 Å². The molecule has 0 aromatic heterocycles. The van der Waals surface area contributed by atoms with Gasteiger partial charge in [0.25, 0.3) is 0 Å². The van der Waals surface area contributed by atoms with E-state index in [1.54, 1.807) is 7.05 Å². The molecule has 1 saturated carbocycles. The second-order valence-corrected chi connectivity index (χ2v) is 8.36. The molecule has 1 amide bonds. The van der Waals surface area contributed by atoms with Gasteiger partial charge in [-0.25, -0.2) is 0 Å². The Hall–Kier alpha value is -2.50. The average Bonchev–Trinajstić information content (AvgIpc) is 3.53. The number of nitrogens with one attached hydrogen (secondary N) is 2. The number of amides is 1. The first-order valence-electron chi connectivity index (χ1n) is 11.0. The van der Waals surface area contributed by atoms with E-state index in [0.717, 1.165) is 57.9 Å². The zero-order chi connectivity index (χ0) is 20.1. The number of nitrogens with zero attached hydrogens (tertiary/aromatic N) is 3. The van der Waals surface area contributed by atoms with Crippen LogP contribution in [0.3, 0.4) is 0 Å². The number of benzene rings is 1. The van der Waals surface area contributed by atoms with Gasteiger partial charge in [-0.2, -0.15) is 0 Å². The summed E-state index contributed by atoms with van der Waals surface area (Å²) in [5, 5.41) is 6.91. The fourth-order valence-electron chi connectivity index (χ4n) is 4.60. The minimum atomic E-state index is 0.269. The van der Waals surface area contributed by atoms with Gasteiger partial charge in [0.15, 0.2) is 5.96 Å². The molecule has 29 heavy (non-hydrogen) atoms. The van der Waals surface area contributed by atoms with Crippen LogP contribution in [0.4, 0.5) is 5.69 Å². The van der Waals surface area contributed by atoms with Crippen molar-refractivity contribution < 1.29 is 4.79 Å². The molecule has 1 saturated heterocycles. The Labute approximate surface area is 174 Å². The summed E-state index contributed by atoms with van der Waals surface area (Å²) < 4.78 is 0. The van der Waals surface area contributed by atoms with Crippen molar-refractivity contribution in [3.63, 3.8) is 0 Å². The maximum atomic E-state index is 12.6. The van der Waals surface area contributed by atoms with Crippen LogP contribution >= 0.6 is 0 Å². The number of anilines is 1. The van der Waals surface area contributed by atoms with Crippen LogP contribution < -0.4 is 15.5 Å². The van der Waals surface area contributed by atoms with Gasteiger partial charge in [-0.05, 0) is 37.0 Å². The normalized spacial score (nSPS) is 22.5. The van der Waals surface area contributed by atoms with Crippen LogP contribution in [-0.4, -0.2) is 56.0 Å². The van der Waals surface area contributed by atoms with Crippen LogP contribution in [-0.2, 0) is 11.3 Å². The molecule has 1 aliphatic carbocycles. The standard InChI is InChI=1S/C23H33N5O/c1-24-23(25-16-18-8-10-21(11-9-18)27-13-4-5-14-27)26-20-12-15-28(17-20)22(29)19-6-2-3-7-19/h4-5,8-11,19-20H,2-3,6-7,12-17H2,1H3,(H2,24,25,26). The van der Waals surface area contributed by atoms with E-state index in [2.05, 4.69) is 56.9 Å². The van der Waals surface area contributed by atoms with Crippen molar-refractivity contribution in [2.75, 3.05) is 38.1 Å². The minimum Gasteiger partial charge on any atom is -0.364 e. The third-order valence-corrected chi connectivity index (χ3v) is 6.35. The van der Waals surface area contributed by atoms with Crippen LogP contribution in [0.2, 0.25) is 0 Å². The van der Waals surface area contributed by atoms with E-state index in [0.29, 0.717) is 5.91 Å². The number of guanidine groups is 1. The van der Waals surface area contributed by atoms with E-state index in [1.165, 1.54) is 24.1 Å². The van der Waals surface area contributed by atoms with Gasteiger partial charge in [-0.3, -0.25) is 9.79 Å². The molecule has 2 fully saturated rings. The lowest BCUT2D eigenvalue weighted by Crippen LogP contribution is -2.45. The number of likely N-dealkylation sites (tertiary alicyclic amines) is 1. The number of carbonyl (C=O) groups excluding carboxylic acids is 1. The number of hydrogen-bond donors (Lipinski definition) is 2. The Morgan fingerprint density at radius 1 is 1.10 bits per heavy atom. The number of aliphatic imine (C=N–C) groups is 1. The summed E-state index contributed by atoms with van der Waals surface area (Å²) >= 11 is 0. The Morgan fingerprint density at radius 3 is 2.52 bits per heavy atom. The summed E-state index contributed by atoms with van der Waals surface area (Å²) in [6, 6.07) is 8.99. The predicted octanol–water partition coefficient (Wildman–Crippen LogP) is 2.52. The summed E-state index contributed by atoms with van der Waals surface area (Å²) in [5.41, 5.74) is 2.49. The second-order valence-electron chi connectivity index (χ2n) is 8.36. The topological polar surface area (TPSA) is 60.0 Å². The summed E-state index contributed by atoms with van der Waals surface area (Å²) in [5.74, 6) is 1.44. The molecule has 1 aromatic carbocycles. The quantitative estimate of drug-likeness (QED) is 0.457. The SMILES string of the molecule is CN=C(NCc1ccc(N2CC=CC2)cc1)NC1CCN(C(=O)C2CCCC2)C1. The van der Waals surface area contributed by atoms with Crippen molar-refractivity contribution in [3.05, 3.63) is 42.0 Å². The third kappa shape index (κ3) is 4.92. The molecule has 0 bridgehead atoms. The minimum absolute atomic E-state index is 0.269. The van der Waals surface area contributed by atoms with Gasteiger partial charge in [0.1, 0.15) is 0 Å². The van der Waals surface area contributed by atoms with Gasteiger partial charge in [-0.15, -0.1) is 0 Å². The molecule has 2 aliphatic heterocycles. The van der Waals surface area contributed by atoms with Crippen LogP contribution in [0.5, 0.6) is 0 Å². The summed E-state index contributed by atoms with van der Waals surface area (Å²) in [6.07, 6.45) is 9.95. The Balaban J connectivity index is 1.23. The molecule has 1 unspecified atom stereocenters. The predicted molar refractivity (Wildman–Crippen MR) is 118 cm³/mol. The molecule has 2 heterocycles. The molecule has 6 heteroatoms. The van der Waals surface area contributed by atoms with Crippen molar-refractivity contribution in [3.8, 4) is 0 Å². The Bertz CT molecular complexity index is 743. The fraction of sp³-hybridized carbons (Fsp3) is 0.565. The molecule has 0 spiro atoms. The second kappa shape index (κ2) is 9.33. The van der Waals surface area contributed by atoms with E-state index in [1.807, 2.05) is 4.90 Å². The highest BCUT2D eigenvalue weighted by molar-refractivity contribution is 5.81. The zero-order valence-corrected chi connectivity index (χ0v) is 17.4. The molecule has 1 atom stereocenters. The Kier molecular flexibility index (Phi) is 6.37. The molecule has 0 radical (unpaired) electrons. The zero-order valence-electron chi connectivity index (χ0n) is 17.4. The van der Waals surface area contributed by atoms with E-state index in [4.69, 9.17) is 0 Å². The molecule has 1 aromatic rings. The lowest BCUT2D eigenvalue weighted by molar-refractivity contribution is -0.134. The molecule has 4 rings (SSSR count). The molecular weight excluding hydrogens is 362 g/mol. The largest absolute Gasteiger partial charge is 0.364 e. The summed E-state index contributed by atoms with van der Waals surface area (Å²) in [6.45, 7) is 4.37. The molecule has 2 N–H and O–H groups in total. The van der Waals surface area contributed by atoms with E-state index < -0.39 is 0 Å². The van der Waals surface area contributed by atoms with Gasteiger partial charge >= 0.3 is 0 Å². The van der Waals surface area contributed by atoms with Gasteiger partial charge in [0.2, 0.25) is 5.91 Å². The Morgan fingerprint density at radius 2 is 1.83 bits per heavy atom. The summed E-state index contributed by atoms with van der Waals surface area (Å²) in [7, 11) is 1.80. The first kappa shape index (κ1) is 19.8. The van der Waals surface area contributed by atoms with Crippen molar-refractivity contribution in [2.24, 2.45) is 10.9 Å². The van der Waals surface area contributed by atoms with Gasteiger partial charge < -0.3 is 20.4 Å². The summed E-state index contributed by atoms with van der Waals surface area (Å²) in [4.78, 5) is 21.4. The first-order valence-corrected chi connectivity index (χ1v) is 11.0. The number of carbonyl (C=O) groups is 1. The van der Waals surface area contributed by atoms with E-state index in [9.17, 15) is 4.79 Å². The lowest BCUT2D eigenvalue weighted by Gasteiger charge is -2.21. The average molecular weight is 396 g/mol. The highest BCUT2D eigenvalue weighted by atomic mass is 16.2. The molecule has 6 nitrogen and oxygen atoms in total. The van der Waals surface area contributed by atoms with Gasteiger partial charge in [-0.1, -0.05) is 37.1 Å². The smallest absolute Gasteiger partial charge is 0.225 e. The van der Waals surface area contributed by atoms with Crippen molar-refractivity contribution in [1.82, 2.24) is 15.5 Å². The highest BCUT2D eigenvalue weighted by Crippen LogP contribution is 2.27. The fourth-order valence-corrected chi connectivity index (χ4v) is 4.60. The third-order valence-electron chi connectivity index (χ3n) is 6.35. The number of hydrogen-bond acceptors (Lipinski definition) is 3. The molecular formula is C23H33N5O. The van der Waals surface area contributed by atoms with Crippen LogP contribution in [0, 0.1) is 5.92 Å². The lowest BCUT2D eigenvalue weighted by atomic mass is 10.1. The van der Waals surface area contributed by atoms with Crippen molar-refractivity contribution in [1.29, 1.82) is 0 Å². The van der Waals surface area contributed by atoms with Crippen LogP contribution in [0.15, 0.2) is 41.4 Å². The van der Waals surface area contributed by atoms with E-state index in [-0.39, 0.29) is 12.0 Å². The first-order chi connectivity index (χ1) is 14.2. The molecule has 156 valence electrons.